The monoisotopic (exact) mass is 263 g/mol. The summed E-state index contributed by atoms with van der Waals surface area (Å²) in [5.41, 5.74) is -0.261. The zero-order chi connectivity index (χ0) is 13.5. The summed E-state index contributed by atoms with van der Waals surface area (Å²) in [4.78, 5) is 2.48. The van der Waals surface area contributed by atoms with Gasteiger partial charge in [0.25, 0.3) is 0 Å². The van der Waals surface area contributed by atoms with Crippen LogP contribution in [0.5, 0.6) is 0 Å². The van der Waals surface area contributed by atoms with Gasteiger partial charge in [-0.25, -0.2) is 0 Å². The van der Waals surface area contributed by atoms with Gasteiger partial charge < -0.3 is 4.74 Å². The Labute approximate surface area is 116 Å². The van der Waals surface area contributed by atoms with Crippen LogP contribution in [0, 0.1) is 11.3 Å². The Morgan fingerprint density at radius 3 is 2.68 bits per heavy atom. The van der Waals surface area contributed by atoms with E-state index in [1.807, 2.05) is 0 Å². The molecule has 4 atom stereocenters. The number of nitrogens with one attached hydrogen (secondary N) is 1. The van der Waals surface area contributed by atoms with Crippen LogP contribution in [0.1, 0.15) is 45.4 Å². The normalized spacial score (nSPS) is 42.7. The average Bonchev–Trinajstić information content (AvgIpc) is 2.94. The fourth-order valence-electron chi connectivity index (χ4n) is 3.78. The molecule has 4 unspecified atom stereocenters. The summed E-state index contributed by atoms with van der Waals surface area (Å²) in [6.45, 7) is 3.05. The summed E-state index contributed by atoms with van der Waals surface area (Å²) in [5.74, 6) is 0. The van der Waals surface area contributed by atoms with Crippen molar-refractivity contribution in [2.75, 3.05) is 13.7 Å². The van der Waals surface area contributed by atoms with Crippen LogP contribution in [-0.2, 0) is 4.74 Å². The van der Waals surface area contributed by atoms with E-state index < -0.39 is 0 Å². The van der Waals surface area contributed by atoms with Gasteiger partial charge in [0.05, 0.1) is 12.2 Å². The van der Waals surface area contributed by atoms with Crippen LogP contribution in [0.2, 0.25) is 0 Å². The first-order chi connectivity index (χ1) is 9.13. The van der Waals surface area contributed by atoms with Gasteiger partial charge in [-0.1, -0.05) is 0 Å². The Hall–Kier alpha value is -0.630. The van der Waals surface area contributed by atoms with Crippen molar-refractivity contribution < 1.29 is 4.74 Å². The van der Waals surface area contributed by atoms with E-state index in [1.54, 1.807) is 0 Å². The summed E-state index contributed by atoms with van der Waals surface area (Å²) >= 11 is 0. The van der Waals surface area contributed by atoms with E-state index in [9.17, 15) is 5.26 Å². The number of nitrogens with zero attached hydrogens (tertiary/aromatic N) is 2. The molecule has 106 valence electrons. The Balaban J connectivity index is 1.62. The molecule has 3 rings (SSSR count). The smallest absolute Gasteiger partial charge is 0.108 e. The molecule has 0 spiro atoms. The topological polar surface area (TPSA) is 48.3 Å². The van der Waals surface area contributed by atoms with Gasteiger partial charge in [-0.3, -0.25) is 10.2 Å². The molecule has 19 heavy (non-hydrogen) atoms. The van der Waals surface area contributed by atoms with Gasteiger partial charge in [-0.2, -0.15) is 5.26 Å². The van der Waals surface area contributed by atoms with Gasteiger partial charge in [0.15, 0.2) is 0 Å². The summed E-state index contributed by atoms with van der Waals surface area (Å²) in [7, 11) is 2.21. The van der Waals surface area contributed by atoms with Crippen molar-refractivity contribution in [1.82, 2.24) is 10.2 Å². The van der Waals surface area contributed by atoms with Crippen LogP contribution in [0.3, 0.4) is 0 Å². The minimum Gasteiger partial charge on any atom is -0.377 e. The lowest BCUT2D eigenvalue weighted by molar-refractivity contribution is 0.0673. The first-order valence-corrected chi connectivity index (χ1v) is 7.66. The molecule has 0 aromatic heterocycles. The molecule has 4 nitrogen and oxygen atoms in total. The van der Waals surface area contributed by atoms with E-state index in [0.29, 0.717) is 24.2 Å². The van der Waals surface area contributed by atoms with Gasteiger partial charge in [-0.05, 0) is 52.5 Å². The molecule has 3 fully saturated rings. The SMILES string of the molecule is CC1OCCC1N(C)C1CCC(C#N)(NC2CC2)C1. The van der Waals surface area contributed by atoms with Crippen LogP contribution in [-0.4, -0.2) is 48.3 Å². The number of hydrogen-bond donors (Lipinski definition) is 1. The Morgan fingerprint density at radius 1 is 1.32 bits per heavy atom. The zero-order valence-corrected chi connectivity index (χ0v) is 12.1. The van der Waals surface area contributed by atoms with E-state index in [2.05, 4.69) is 30.3 Å². The maximum absolute atomic E-state index is 9.55. The molecule has 1 heterocycles. The Bertz CT molecular complexity index is 376. The van der Waals surface area contributed by atoms with Crippen LogP contribution >= 0.6 is 0 Å². The minimum absolute atomic E-state index is 0.261. The highest BCUT2D eigenvalue weighted by Gasteiger charge is 2.45. The third kappa shape index (κ3) is 2.65. The van der Waals surface area contributed by atoms with E-state index in [4.69, 9.17) is 4.74 Å². The van der Waals surface area contributed by atoms with Gasteiger partial charge in [0.2, 0.25) is 0 Å². The summed E-state index contributed by atoms with van der Waals surface area (Å²) < 4.78 is 5.68. The molecular weight excluding hydrogens is 238 g/mol. The molecular formula is C15H25N3O. The molecule has 4 heteroatoms. The first-order valence-electron chi connectivity index (χ1n) is 7.66. The van der Waals surface area contributed by atoms with Crippen molar-refractivity contribution in [2.45, 2.75) is 75.2 Å². The predicted molar refractivity (Wildman–Crippen MR) is 73.7 cm³/mol. The maximum atomic E-state index is 9.55. The molecule has 0 aromatic carbocycles. The third-order valence-corrected chi connectivity index (χ3v) is 5.20. The standard InChI is InChI=1S/C15H25N3O/c1-11-14(6-8-19-11)18(2)13-5-7-15(9-13,10-16)17-12-3-4-12/h11-14,17H,3-9H2,1-2H3. The first kappa shape index (κ1) is 13.4. The predicted octanol–water partition coefficient (Wildman–Crippen LogP) is 1.66. The second-order valence-electron chi connectivity index (χ2n) is 6.61. The van der Waals surface area contributed by atoms with Gasteiger partial charge >= 0.3 is 0 Å². The molecule has 1 saturated heterocycles. The Kier molecular flexibility index (Phi) is 3.55. The van der Waals surface area contributed by atoms with Crippen molar-refractivity contribution in [1.29, 1.82) is 5.26 Å². The summed E-state index contributed by atoms with van der Waals surface area (Å²) in [6, 6.07) is 4.23. The molecule has 0 bridgehead atoms. The fraction of sp³-hybridized carbons (Fsp3) is 0.933. The van der Waals surface area contributed by atoms with Crippen molar-refractivity contribution in [3.8, 4) is 6.07 Å². The Morgan fingerprint density at radius 2 is 2.11 bits per heavy atom. The number of ether oxygens (including phenoxy) is 1. The highest BCUT2D eigenvalue weighted by atomic mass is 16.5. The summed E-state index contributed by atoms with van der Waals surface area (Å²) in [5, 5.41) is 13.1. The van der Waals surface area contributed by atoms with Crippen molar-refractivity contribution in [2.24, 2.45) is 0 Å². The lowest BCUT2D eigenvalue weighted by Crippen LogP contribution is -2.47. The number of nitriles is 1. The largest absolute Gasteiger partial charge is 0.377 e. The molecule has 2 saturated carbocycles. The molecule has 3 aliphatic rings. The van der Waals surface area contributed by atoms with E-state index in [0.717, 1.165) is 32.3 Å². The van der Waals surface area contributed by atoms with Crippen LogP contribution < -0.4 is 5.32 Å². The lowest BCUT2D eigenvalue weighted by Gasteiger charge is -2.33. The lowest BCUT2D eigenvalue weighted by atomic mass is 9.98. The number of rotatable bonds is 4. The van der Waals surface area contributed by atoms with Gasteiger partial charge in [-0.15, -0.1) is 0 Å². The molecule has 2 aliphatic carbocycles. The van der Waals surface area contributed by atoms with Gasteiger partial charge in [0.1, 0.15) is 5.54 Å². The number of hydrogen-bond acceptors (Lipinski definition) is 4. The second-order valence-corrected chi connectivity index (χ2v) is 6.61. The van der Waals surface area contributed by atoms with Crippen molar-refractivity contribution in [3.05, 3.63) is 0 Å². The van der Waals surface area contributed by atoms with E-state index in [1.165, 1.54) is 12.8 Å². The van der Waals surface area contributed by atoms with Gasteiger partial charge in [0, 0.05) is 24.7 Å². The second kappa shape index (κ2) is 5.05. The highest BCUT2D eigenvalue weighted by Crippen LogP contribution is 2.37. The van der Waals surface area contributed by atoms with Crippen LogP contribution in [0.25, 0.3) is 0 Å². The fourth-order valence-corrected chi connectivity index (χ4v) is 3.78. The minimum atomic E-state index is -0.261. The van der Waals surface area contributed by atoms with E-state index in [-0.39, 0.29) is 5.54 Å². The third-order valence-electron chi connectivity index (χ3n) is 5.20. The summed E-state index contributed by atoms with van der Waals surface area (Å²) in [6.07, 6.45) is 7.06. The molecule has 1 N–H and O–H groups in total. The van der Waals surface area contributed by atoms with Crippen molar-refractivity contribution in [3.63, 3.8) is 0 Å². The van der Waals surface area contributed by atoms with Crippen LogP contribution in [0.15, 0.2) is 0 Å². The maximum Gasteiger partial charge on any atom is 0.108 e. The average molecular weight is 263 g/mol. The molecule has 0 amide bonds. The van der Waals surface area contributed by atoms with Crippen LogP contribution in [0.4, 0.5) is 0 Å². The van der Waals surface area contributed by atoms with E-state index >= 15 is 0 Å². The molecule has 0 radical (unpaired) electrons. The zero-order valence-electron chi connectivity index (χ0n) is 12.1. The molecule has 0 aromatic rings. The van der Waals surface area contributed by atoms with Crippen molar-refractivity contribution >= 4 is 0 Å². The number of likely N-dealkylation sites (N-methyl/N-ethyl adjacent to an activating group) is 1. The molecule has 1 aliphatic heterocycles. The quantitative estimate of drug-likeness (QED) is 0.838. The highest BCUT2D eigenvalue weighted by molar-refractivity contribution is 5.15.